The second kappa shape index (κ2) is 4.03. The van der Waals surface area contributed by atoms with E-state index < -0.39 is 0 Å². The van der Waals surface area contributed by atoms with Gasteiger partial charge in [0.15, 0.2) is 0 Å². The van der Waals surface area contributed by atoms with Gasteiger partial charge in [0.05, 0.1) is 6.10 Å². The van der Waals surface area contributed by atoms with Crippen LogP contribution in [0.25, 0.3) is 0 Å². The lowest BCUT2D eigenvalue weighted by atomic mass is 10.1. The van der Waals surface area contributed by atoms with Crippen molar-refractivity contribution in [2.45, 2.75) is 31.1 Å². The number of rotatable bonds is 2. The topological polar surface area (TPSA) is 20.2 Å². The van der Waals surface area contributed by atoms with Crippen molar-refractivity contribution in [3.05, 3.63) is 21.9 Å². The standard InChI is InChI=1S/C10H14OS2/c1-7-5-8(6-13-7)10(11)9-3-2-4-12-9/h5-6,9-11H,2-4H2,1H3. The van der Waals surface area contributed by atoms with Crippen molar-refractivity contribution in [3.63, 3.8) is 0 Å². The fraction of sp³-hybridized carbons (Fsp3) is 0.600. The third kappa shape index (κ3) is 2.09. The van der Waals surface area contributed by atoms with Crippen molar-refractivity contribution < 1.29 is 5.11 Å². The first kappa shape index (κ1) is 9.56. The Morgan fingerprint density at radius 2 is 2.46 bits per heavy atom. The molecule has 72 valence electrons. The summed E-state index contributed by atoms with van der Waals surface area (Å²) in [5.41, 5.74) is 1.11. The molecule has 3 heteroatoms. The summed E-state index contributed by atoms with van der Waals surface area (Å²) in [5.74, 6) is 1.21. The van der Waals surface area contributed by atoms with Gasteiger partial charge in [-0.15, -0.1) is 11.3 Å². The first-order chi connectivity index (χ1) is 6.27. The van der Waals surface area contributed by atoms with E-state index in [0.717, 1.165) is 5.56 Å². The Kier molecular flexibility index (Phi) is 2.96. The summed E-state index contributed by atoms with van der Waals surface area (Å²) >= 11 is 3.63. The van der Waals surface area contributed by atoms with Crippen molar-refractivity contribution in [2.75, 3.05) is 5.75 Å². The lowest BCUT2D eigenvalue weighted by Gasteiger charge is -2.15. The van der Waals surface area contributed by atoms with E-state index in [1.165, 1.54) is 23.5 Å². The normalized spacial score (nSPS) is 24.9. The average molecular weight is 214 g/mol. The lowest BCUT2D eigenvalue weighted by Crippen LogP contribution is -2.10. The van der Waals surface area contributed by atoms with E-state index >= 15 is 0 Å². The Hall–Kier alpha value is 0.01000. The SMILES string of the molecule is Cc1cc(C(O)C2CCCS2)cs1. The van der Waals surface area contributed by atoms with Crippen molar-refractivity contribution in [3.8, 4) is 0 Å². The molecule has 2 atom stereocenters. The number of hydrogen-bond acceptors (Lipinski definition) is 3. The molecule has 1 aliphatic heterocycles. The summed E-state index contributed by atoms with van der Waals surface area (Å²) in [6.07, 6.45) is 2.19. The lowest BCUT2D eigenvalue weighted by molar-refractivity contribution is 0.173. The molecule has 1 aliphatic rings. The summed E-state index contributed by atoms with van der Waals surface area (Å²) < 4.78 is 0. The molecule has 2 heterocycles. The summed E-state index contributed by atoms with van der Waals surface area (Å²) in [6.45, 7) is 2.09. The molecule has 0 spiro atoms. The summed E-state index contributed by atoms with van der Waals surface area (Å²) in [6, 6.07) is 2.11. The molecule has 1 aromatic rings. The third-order valence-corrected chi connectivity index (χ3v) is 4.74. The van der Waals surface area contributed by atoms with Gasteiger partial charge in [0.1, 0.15) is 0 Å². The number of aliphatic hydroxyl groups excluding tert-OH is 1. The summed E-state index contributed by atoms with van der Waals surface area (Å²) in [7, 11) is 0. The van der Waals surface area contributed by atoms with E-state index in [0.29, 0.717) is 5.25 Å². The maximum Gasteiger partial charge on any atom is 0.0916 e. The van der Waals surface area contributed by atoms with Gasteiger partial charge >= 0.3 is 0 Å². The second-order valence-corrected chi connectivity index (χ2v) is 5.95. The van der Waals surface area contributed by atoms with E-state index in [1.54, 1.807) is 11.3 Å². The van der Waals surface area contributed by atoms with Crippen molar-refractivity contribution >= 4 is 23.1 Å². The van der Waals surface area contributed by atoms with Crippen LogP contribution >= 0.6 is 23.1 Å². The predicted octanol–water partition coefficient (Wildman–Crippen LogP) is 2.99. The van der Waals surface area contributed by atoms with Gasteiger partial charge in [-0.05, 0) is 42.5 Å². The van der Waals surface area contributed by atoms with Crippen LogP contribution in [0.3, 0.4) is 0 Å². The molecule has 0 amide bonds. The minimum absolute atomic E-state index is 0.238. The monoisotopic (exact) mass is 214 g/mol. The summed E-state index contributed by atoms with van der Waals surface area (Å²) in [5, 5.41) is 12.5. The molecule has 13 heavy (non-hydrogen) atoms. The highest BCUT2D eigenvalue weighted by Gasteiger charge is 2.25. The Morgan fingerprint density at radius 3 is 3.00 bits per heavy atom. The van der Waals surface area contributed by atoms with Crippen LogP contribution in [-0.4, -0.2) is 16.1 Å². The minimum Gasteiger partial charge on any atom is -0.387 e. The van der Waals surface area contributed by atoms with Gasteiger partial charge in [0.2, 0.25) is 0 Å². The van der Waals surface area contributed by atoms with Crippen molar-refractivity contribution in [2.24, 2.45) is 0 Å². The van der Waals surface area contributed by atoms with Gasteiger partial charge in [-0.1, -0.05) is 0 Å². The third-order valence-electron chi connectivity index (χ3n) is 2.41. The van der Waals surface area contributed by atoms with Gasteiger partial charge < -0.3 is 5.11 Å². The van der Waals surface area contributed by atoms with E-state index in [-0.39, 0.29) is 6.10 Å². The molecule has 2 unspecified atom stereocenters. The van der Waals surface area contributed by atoms with Crippen LogP contribution in [-0.2, 0) is 0 Å². The largest absolute Gasteiger partial charge is 0.387 e. The first-order valence-corrected chi connectivity index (χ1v) is 6.55. The van der Waals surface area contributed by atoms with Crippen molar-refractivity contribution in [1.82, 2.24) is 0 Å². The van der Waals surface area contributed by atoms with Crippen LogP contribution in [0.5, 0.6) is 0 Å². The highest BCUT2D eigenvalue weighted by atomic mass is 32.2. The van der Waals surface area contributed by atoms with Crippen molar-refractivity contribution in [1.29, 1.82) is 0 Å². The van der Waals surface area contributed by atoms with Gasteiger partial charge in [-0.2, -0.15) is 11.8 Å². The highest BCUT2D eigenvalue weighted by molar-refractivity contribution is 8.00. The molecular formula is C10H14OS2. The van der Waals surface area contributed by atoms with Crippen LogP contribution in [0, 0.1) is 6.92 Å². The molecule has 0 radical (unpaired) electrons. The number of aliphatic hydroxyl groups is 1. The average Bonchev–Trinajstić information content (AvgIpc) is 2.72. The van der Waals surface area contributed by atoms with Crippen LogP contribution in [0.1, 0.15) is 29.4 Å². The zero-order chi connectivity index (χ0) is 9.26. The molecule has 2 rings (SSSR count). The number of thioether (sulfide) groups is 1. The minimum atomic E-state index is -0.238. The molecular weight excluding hydrogens is 200 g/mol. The Labute approximate surface area is 87.2 Å². The Morgan fingerprint density at radius 1 is 1.62 bits per heavy atom. The first-order valence-electron chi connectivity index (χ1n) is 4.62. The molecule has 1 nitrogen and oxygen atoms in total. The molecule has 1 fully saturated rings. The Bertz CT molecular complexity index is 276. The van der Waals surface area contributed by atoms with E-state index in [4.69, 9.17) is 0 Å². The van der Waals surface area contributed by atoms with Gasteiger partial charge in [-0.25, -0.2) is 0 Å². The van der Waals surface area contributed by atoms with E-state index in [1.807, 2.05) is 11.8 Å². The van der Waals surface area contributed by atoms with E-state index in [9.17, 15) is 5.11 Å². The smallest absolute Gasteiger partial charge is 0.0916 e. The predicted molar refractivity (Wildman–Crippen MR) is 59.5 cm³/mol. The number of thiophene rings is 1. The van der Waals surface area contributed by atoms with Crippen LogP contribution in [0.2, 0.25) is 0 Å². The van der Waals surface area contributed by atoms with Crippen LogP contribution < -0.4 is 0 Å². The highest BCUT2D eigenvalue weighted by Crippen LogP contribution is 2.36. The quantitative estimate of drug-likeness (QED) is 0.816. The molecule has 0 saturated carbocycles. The van der Waals surface area contributed by atoms with Gasteiger partial charge in [-0.3, -0.25) is 0 Å². The van der Waals surface area contributed by atoms with Gasteiger partial charge in [0.25, 0.3) is 0 Å². The molecule has 0 aliphatic carbocycles. The fourth-order valence-electron chi connectivity index (χ4n) is 1.69. The fourth-order valence-corrected chi connectivity index (χ4v) is 3.73. The zero-order valence-electron chi connectivity index (χ0n) is 7.69. The molecule has 0 bridgehead atoms. The zero-order valence-corrected chi connectivity index (χ0v) is 9.33. The molecule has 1 aromatic heterocycles. The van der Waals surface area contributed by atoms with Crippen LogP contribution in [0.15, 0.2) is 11.4 Å². The summed E-state index contributed by atoms with van der Waals surface area (Å²) in [4.78, 5) is 1.29. The van der Waals surface area contributed by atoms with Crippen LogP contribution in [0.4, 0.5) is 0 Å². The number of hydrogen-bond donors (Lipinski definition) is 1. The second-order valence-electron chi connectivity index (χ2n) is 3.49. The Balaban J connectivity index is 2.07. The van der Waals surface area contributed by atoms with E-state index in [2.05, 4.69) is 18.4 Å². The molecule has 1 N–H and O–H groups in total. The molecule has 0 aromatic carbocycles. The maximum absolute atomic E-state index is 10.0. The number of aryl methyl sites for hydroxylation is 1. The molecule has 1 saturated heterocycles. The maximum atomic E-state index is 10.0. The van der Waals surface area contributed by atoms with Gasteiger partial charge in [0, 0.05) is 10.1 Å².